The Kier molecular flexibility index (Phi) is 6.65. The molecule has 0 radical (unpaired) electrons. The smallest absolute Gasteiger partial charge is 0.140 e. The Morgan fingerprint density at radius 3 is 2.49 bits per heavy atom. The third kappa shape index (κ3) is 4.71. The predicted octanol–water partition coefficient (Wildman–Crippen LogP) is 9.68. The molecular formula is C37H35FN4O. The average Bonchev–Trinajstić information content (AvgIpc) is 3.46. The first-order chi connectivity index (χ1) is 20.8. The molecule has 6 heteroatoms. The second-order valence-electron chi connectivity index (χ2n) is 11.9. The average molecular weight is 571 g/mol. The number of fused-ring (bicyclic) bond motifs is 3. The van der Waals surface area contributed by atoms with E-state index >= 15 is 0 Å². The van der Waals surface area contributed by atoms with Crippen LogP contribution in [0.3, 0.4) is 0 Å². The van der Waals surface area contributed by atoms with Crippen LogP contribution in [0.15, 0.2) is 90.6 Å². The molecule has 7 rings (SSSR count). The standard InChI is InChI=1S/C37H35FN4O/c1-22-17-28(42-26(5)37(25(4)40-42)36-23(2)9-8-10-24(36)3)20-30(18-22)43-29-13-14-32-31-11-6-7-12-33(31)41(34(32)21-29)35-19-27(38)15-16-39-35/h6-7,9,11-21,24,36H,8,10H2,1-5H3/t24-,36+/m0/s1. The highest BCUT2D eigenvalue weighted by atomic mass is 19.1. The van der Waals surface area contributed by atoms with Gasteiger partial charge in [0.1, 0.15) is 23.1 Å². The van der Waals surface area contributed by atoms with Crippen molar-refractivity contribution >= 4 is 21.8 Å². The SMILES string of the molecule is CC1=CCC[C@H](C)[C@@H]1c1c(C)nn(-c2cc(C)cc(Oc3ccc4c5ccccc5n(-c5cc(F)ccn5)c4c3)c2)c1C. The minimum atomic E-state index is -0.327. The largest absolute Gasteiger partial charge is 0.457 e. The zero-order chi connectivity index (χ0) is 29.8. The molecule has 2 atom stereocenters. The number of halogens is 1. The van der Waals surface area contributed by atoms with Crippen LogP contribution in [0.4, 0.5) is 4.39 Å². The number of hydrogen-bond acceptors (Lipinski definition) is 3. The van der Waals surface area contributed by atoms with Crippen LogP contribution in [0.25, 0.3) is 33.3 Å². The molecule has 216 valence electrons. The molecule has 0 saturated heterocycles. The Morgan fingerprint density at radius 2 is 1.67 bits per heavy atom. The number of nitrogens with zero attached hydrogens (tertiary/aromatic N) is 4. The number of ether oxygens (including phenoxy) is 1. The molecule has 3 aromatic carbocycles. The third-order valence-electron chi connectivity index (χ3n) is 8.90. The van der Waals surface area contributed by atoms with Gasteiger partial charge >= 0.3 is 0 Å². The van der Waals surface area contributed by atoms with Crippen molar-refractivity contribution in [2.45, 2.75) is 53.4 Å². The van der Waals surface area contributed by atoms with E-state index in [-0.39, 0.29) is 5.82 Å². The Morgan fingerprint density at radius 1 is 0.860 bits per heavy atom. The molecule has 0 saturated carbocycles. The van der Waals surface area contributed by atoms with Crippen molar-refractivity contribution in [3.05, 3.63) is 119 Å². The van der Waals surface area contributed by atoms with Crippen molar-refractivity contribution in [3.8, 4) is 23.0 Å². The number of allylic oxidation sites excluding steroid dienone is 2. The predicted molar refractivity (Wildman–Crippen MR) is 171 cm³/mol. The summed E-state index contributed by atoms with van der Waals surface area (Å²) >= 11 is 0. The molecule has 0 unspecified atom stereocenters. The van der Waals surface area contributed by atoms with Gasteiger partial charge in [-0.05, 0) is 88.4 Å². The van der Waals surface area contributed by atoms with Crippen molar-refractivity contribution in [2.75, 3.05) is 0 Å². The molecule has 0 N–H and O–H groups in total. The molecule has 0 bridgehead atoms. The van der Waals surface area contributed by atoms with Gasteiger partial charge in [-0.2, -0.15) is 5.10 Å². The number of aryl methyl sites for hydroxylation is 2. The van der Waals surface area contributed by atoms with Gasteiger partial charge in [-0.25, -0.2) is 14.1 Å². The molecule has 3 aromatic heterocycles. The highest BCUT2D eigenvalue weighted by Gasteiger charge is 2.29. The van der Waals surface area contributed by atoms with Crippen LogP contribution < -0.4 is 4.74 Å². The van der Waals surface area contributed by atoms with Crippen molar-refractivity contribution in [1.82, 2.24) is 19.3 Å². The summed E-state index contributed by atoms with van der Waals surface area (Å²) in [7, 11) is 0. The molecule has 0 amide bonds. The van der Waals surface area contributed by atoms with Gasteiger partial charge in [-0.3, -0.25) is 4.57 Å². The van der Waals surface area contributed by atoms with Crippen LogP contribution in [-0.4, -0.2) is 19.3 Å². The molecule has 6 aromatic rings. The fraction of sp³-hybridized carbons (Fsp3) is 0.243. The molecule has 3 heterocycles. The van der Waals surface area contributed by atoms with Gasteiger partial charge in [-0.1, -0.05) is 36.8 Å². The highest BCUT2D eigenvalue weighted by molar-refractivity contribution is 6.09. The summed E-state index contributed by atoms with van der Waals surface area (Å²) in [5.74, 6) is 2.61. The lowest BCUT2D eigenvalue weighted by Crippen LogP contribution is -2.16. The first-order valence-electron chi connectivity index (χ1n) is 15.0. The number of rotatable bonds is 5. The van der Waals surface area contributed by atoms with Gasteiger partial charge in [0.05, 0.1) is 22.4 Å². The Balaban J connectivity index is 1.29. The summed E-state index contributed by atoms with van der Waals surface area (Å²) in [5.41, 5.74) is 8.97. The van der Waals surface area contributed by atoms with Crippen LogP contribution in [0.1, 0.15) is 55.1 Å². The molecule has 5 nitrogen and oxygen atoms in total. The summed E-state index contributed by atoms with van der Waals surface area (Å²) in [6, 6.07) is 23.2. The third-order valence-corrected chi connectivity index (χ3v) is 8.90. The lowest BCUT2D eigenvalue weighted by Gasteiger charge is -2.29. The number of aromatic nitrogens is 4. The van der Waals surface area contributed by atoms with Gasteiger partial charge in [0.25, 0.3) is 0 Å². The minimum absolute atomic E-state index is 0.327. The van der Waals surface area contributed by atoms with E-state index in [0.29, 0.717) is 23.4 Å². The normalized spacial score (nSPS) is 17.0. The summed E-state index contributed by atoms with van der Waals surface area (Å²) in [4.78, 5) is 4.48. The molecular weight excluding hydrogens is 535 g/mol. The maximum atomic E-state index is 14.3. The first kappa shape index (κ1) is 27.1. The van der Waals surface area contributed by atoms with Gasteiger partial charge in [0.15, 0.2) is 0 Å². The monoisotopic (exact) mass is 570 g/mol. The van der Waals surface area contributed by atoms with Gasteiger partial charge in [0.2, 0.25) is 0 Å². The summed E-state index contributed by atoms with van der Waals surface area (Å²) < 4.78 is 24.8. The van der Waals surface area contributed by atoms with Crippen LogP contribution in [0.5, 0.6) is 11.5 Å². The first-order valence-corrected chi connectivity index (χ1v) is 15.0. The summed E-state index contributed by atoms with van der Waals surface area (Å²) in [5, 5.41) is 7.15. The molecule has 43 heavy (non-hydrogen) atoms. The van der Waals surface area contributed by atoms with E-state index in [9.17, 15) is 4.39 Å². The Hall–Kier alpha value is -4.71. The van der Waals surface area contributed by atoms with E-state index < -0.39 is 0 Å². The Bertz CT molecular complexity index is 2050. The minimum Gasteiger partial charge on any atom is -0.457 e. The second-order valence-corrected chi connectivity index (χ2v) is 11.9. The topological polar surface area (TPSA) is 44.9 Å². The van der Waals surface area contributed by atoms with E-state index in [1.807, 2.05) is 41.0 Å². The van der Waals surface area contributed by atoms with Crippen molar-refractivity contribution in [2.24, 2.45) is 5.92 Å². The van der Waals surface area contributed by atoms with Crippen LogP contribution >= 0.6 is 0 Å². The zero-order valence-electron chi connectivity index (χ0n) is 25.2. The highest BCUT2D eigenvalue weighted by Crippen LogP contribution is 2.42. The van der Waals surface area contributed by atoms with Crippen molar-refractivity contribution in [1.29, 1.82) is 0 Å². The van der Waals surface area contributed by atoms with E-state index in [1.54, 1.807) is 0 Å². The van der Waals surface area contributed by atoms with Crippen LogP contribution in [0.2, 0.25) is 0 Å². The zero-order valence-corrected chi connectivity index (χ0v) is 25.2. The number of benzene rings is 3. The summed E-state index contributed by atoms with van der Waals surface area (Å²) in [6.45, 7) is 11.0. The van der Waals surface area contributed by atoms with E-state index in [0.717, 1.165) is 50.9 Å². The van der Waals surface area contributed by atoms with Crippen LogP contribution in [0, 0.1) is 32.5 Å². The van der Waals surface area contributed by atoms with Gasteiger partial charge in [0, 0.05) is 52.3 Å². The number of pyridine rings is 1. The fourth-order valence-electron chi connectivity index (χ4n) is 7.01. The van der Waals surface area contributed by atoms with E-state index in [1.165, 1.54) is 41.6 Å². The van der Waals surface area contributed by atoms with Crippen molar-refractivity contribution < 1.29 is 9.13 Å². The molecule has 0 aliphatic heterocycles. The Labute approximate surface area is 251 Å². The van der Waals surface area contributed by atoms with E-state index in [4.69, 9.17) is 9.84 Å². The lowest BCUT2D eigenvalue weighted by atomic mass is 9.75. The van der Waals surface area contributed by atoms with Gasteiger partial charge in [-0.15, -0.1) is 0 Å². The molecule has 1 aliphatic carbocycles. The maximum absolute atomic E-state index is 14.3. The number of para-hydroxylation sites is 1. The molecule has 0 fully saturated rings. The van der Waals surface area contributed by atoms with Gasteiger partial charge < -0.3 is 4.74 Å². The second kappa shape index (κ2) is 10.5. The maximum Gasteiger partial charge on any atom is 0.140 e. The van der Waals surface area contributed by atoms with Crippen molar-refractivity contribution in [3.63, 3.8) is 0 Å². The van der Waals surface area contributed by atoms with E-state index in [2.05, 4.69) is 74.6 Å². The lowest BCUT2D eigenvalue weighted by molar-refractivity contribution is 0.447. The van der Waals surface area contributed by atoms with Crippen LogP contribution in [-0.2, 0) is 0 Å². The fourth-order valence-corrected chi connectivity index (χ4v) is 7.01. The molecule has 1 aliphatic rings. The molecule has 0 spiro atoms. The number of hydrogen-bond donors (Lipinski definition) is 0. The quantitative estimate of drug-likeness (QED) is 0.194. The summed E-state index contributed by atoms with van der Waals surface area (Å²) in [6.07, 6.45) is 6.24.